The lowest BCUT2D eigenvalue weighted by Crippen LogP contribution is -2.40. The Bertz CT molecular complexity index is 446. The molecule has 1 saturated carbocycles. The van der Waals surface area contributed by atoms with Crippen molar-refractivity contribution in [2.75, 3.05) is 19.7 Å². The van der Waals surface area contributed by atoms with E-state index in [1.54, 1.807) is 12.1 Å². The Hall–Kier alpha value is -1.46. The van der Waals surface area contributed by atoms with Gasteiger partial charge in [0.2, 0.25) is 5.91 Å². The third-order valence-electron chi connectivity index (χ3n) is 3.54. The molecule has 0 spiro atoms. The van der Waals surface area contributed by atoms with Gasteiger partial charge in [0.15, 0.2) is 0 Å². The van der Waals surface area contributed by atoms with Crippen molar-refractivity contribution in [3.8, 4) is 0 Å². The fourth-order valence-electron chi connectivity index (χ4n) is 2.27. The predicted molar refractivity (Wildman–Crippen MR) is 74.6 cm³/mol. The smallest absolute Gasteiger partial charge is 0.234 e. The van der Waals surface area contributed by atoms with Gasteiger partial charge in [0.1, 0.15) is 5.82 Å². The first-order valence-electron chi connectivity index (χ1n) is 7.00. The van der Waals surface area contributed by atoms with Gasteiger partial charge >= 0.3 is 0 Å². The number of carbonyl (C=O) groups is 1. The molecule has 20 heavy (non-hydrogen) atoms. The lowest BCUT2D eigenvalue weighted by molar-refractivity contribution is -0.123. The number of nitrogens with one attached hydrogen (secondary N) is 1. The molecule has 0 saturated heterocycles. The number of rotatable bonds is 7. The van der Waals surface area contributed by atoms with E-state index in [0.29, 0.717) is 19.1 Å². The van der Waals surface area contributed by atoms with E-state index in [9.17, 15) is 9.18 Å². The van der Waals surface area contributed by atoms with E-state index >= 15 is 0 Å². The lowest BCUT2D eigenvalue weighted by atomic mass is 10.1. The van der Waals surface area contributed by atoms with E-state index in [2.05, 4.69) is 5.32 Å². The molecule has 2 rings (SSSR count). The van der Waals surface area contributed by atoms with Crippen molar-refractivity contribution in [1.82, 2.24) is 10.2 Å². The van der Waals surface area contributed by atoms with Crippen molar-refractivity contribution >= 4 is 5.91 Å². The average Bonchev–Trinajstić information content (AvgIpc) is 3.23. The first-order chi connectivity index (χ1) is 9.60. The monoisotopic (exact) mass is 280 g/mol. The van der Waals surface area contributed by atoms with Crippen molar-refractivity contribution in [2.45, 2.75) is 31.8 Å². The van der Waals surface area contributed by atoms with Gasteiger partial charge in [-0.1, -0.05) is 12.1 Å². The van der Waals surface area contributed by atoms with Crippen molar-refractivity contribution in [1.29, 1.82) is 0 Å². The summed E-state index contributed by atoms with van der Waals surface area (Å²) in [5, 5.41) is 11.9. The minimum Gasteiger partial charge on any atom is -0.395 e. The second-order valence-corrected chi connectivity index (χ2v) is 5.27. The molecule has 1 atom stereocenters. The van der Waals surface area contributed by atoms with E-state index in [1.165, 1.54) is 12.1 Å². The number of halogens is 1. The summed E-state index contributed by atoms with van der Waals surface area (Å²) in [5.41, 5.74) is 0.875. The Morgan fingerprint density at radius 2 is 2.10 bits per heavy atom. The molecule has 2 N–H and O–H groups in total. The van der Waals surface area contributed by atoms with Crippen LogP contribution >= 0.6 is 0 Å². The summed E-state index contributed by atoms with van der Waals surface area (Å²) in [6.07, 6.45) is 2.20. The SMILES string of the molecule is CC(NC(=O)CN(CCO)C1CC1)c1ccc(F)cc1. The molecule has 1 fully saturated rings. The van der Waals surface area contributed by atoms with Gasteiger partial charge in [-0.15, -0.1) is 0 Å². The maximum absolute atomic E-state index is 12.8. The van der Waals surface area contributed by atoms with Crippen LogP contribution < -0.4 is 5.32 Å². The summed E-state index contributed by atoms with van der Waals surface area (Å²) in [7, 11) is 0. The van der Waals surface area contributed by atoms with Crippen LogP contribution in [0.15, 0.2) is 24.3 Å². The zero-order valence-electron chi connectivity index (χ0n) is 11.7. The molecule has 0 aromatic heterocycles. The summed E-state index contributed by atoms with van der Waals surface area (Å²) in [6, 6.07) is 6.41. The van der Waals surface area contributed by atoms with Gasteiger partial charge in [0.25, 0.3) is 0 Å². The number of nitrogens with zero attached hydrogens (tertiary/aromatic N) is 1. The van der Waals surface area contributed by atoms with E-state index < -0.39 is 0 Å². The van der Waals surface area contributed by atoms with E-state index in [1.807, 2.05) is 11.8 Å². The standard InChI is InChI=1S/C15H21FN2O2/c1-11(12-2-4-13(16)5-3-12)17-15(20)10-18(8-9-19)14-6-7-14/h2-5,11,14,19H,6-10H2,1H3,(H,17,20). The maximum atomic E-state index is 12.8. The van der Waals surface area contributed by atoms with Crippen LogP contribution in [0.1, 0.15) is 31.4 Å². The second-order valence-electron chi connectivity index (χ2n) is 5.27. The van der Waals surface area contributed by atoms with E-state index in [-0.39, 0.29) is 24.4 Å². The first-order valence-corrected chi connectivity index (χ1v) is 7.00. The topological polar surface area (TPSA) is 52.6 Å². The third-order valence-corrected chi connectivity index (χ3v) is 3.54. The molecule has 5 heteroatoms. The number of aliphatic hydroxyl groups is 1. The molecule has 110 valence electrons. The summed E-state index contributed by atoms with van der Waals surface area (Å²) >= 11 is 0. The highest BCUT2D eigenvalue weighted by Crippen LogP contribution is 2.26. The molecule has 1 aliphatic carbocycles. The highest BCUT2D eigenvalue weighted by atomic mass is 19.1. The Morgan fingerprint density at radius 3 is 2.65 bits per heavy atom. The largest absolute Gasteiger partial charge is 0.395 e. The minimum atomic E-state index is -0.282. The van der Waals surface area contributed by atoms with Gasteiger partial charge in [-0.3, -0.25) is 9.69 Å². The number of hydrogen-bond donors (Lipinski definition) is 2. The Labute approximate surface area is 118 Å². The molecule has 1 aliphatic rings. The predicted octanol–water partition coefficient (Wildman–Crippen LogP) is 1.46. The quantitative estimate of drug-likeness (QED) is 0.795. The van der Waals surface area contributed by atoms with Crippen LogP contribution in [0.2, 0.25) is 0 Å². The fraction of sp³-hybridized carbons (Fsp3) is 0.533. The second kappa shape index (κ2) is 6.81. The van der Waals surface area contributed by atoms with Crippen LogP contribution in [0.4, 0.5) is 4.39 Å². The summed E-state index contributed by atoms with van der Waals surface area (Å²) < 4.78 is 12.8. The van der Waals surface area contributed by atoms with Crippen LogP contribution in [0.3, 0.4) is 0 Å². The van der Waals surface area contributed by atoms with Gasteiger partial charge in [-0.25, -0.2) is 4.39 Å². The van der Waals surface area contributed by atoms with Crippen LogP contribution in [-0.4, -0.2) is 41.7 Å². The van der Waals surface area contributed by atoms with Crippen molar-refractivity contribution in [2.24, 2.45) is 0 Å². The number of carbonyl (C=O) groups excluding carboxylic acids is 1. The molecule has 1 amide bonds. The molecule has 0 radical (unpaired) electrons. The normalized spacial score (nSPS) is 16.2. The van der Waals surface area contributed by atoms with Crippen LogP contribution in [0.25, 0.3) is 0 Å². The van der Waals surface area contributed by atoms with Crippen molar-refractivity contribution in [3.63, 3.8) is 0 Å². The van der Waals surface area contributed by atoms with Gasteiger partial charge in [-0.2, -0.15) is 0 Å². The van der Waals surface area contributed by atoms with Gasteiger partial charge < -0.3 is 10.4 Å². The molecule has 1 aromatic rings. The zero-order valence-corrected chi connectivity index (χ0v) is 11.7. The third kappa shape index (κ3) is 4.28. The Balaban J connectivity index is 1.85. The molecule has 0 bridgehead atoms. The minimum absolute atomic E-state index is 0.0668. The molecule has 0 heterocycles. The lowest BCUT2D eigenvalue weighted by Gasteiger charge is -2.22. The van der Waals surface area contributed by atoms with Gasteiger partial charge in [0, 0.05) is 12.6 Å². The van der Waals surface area contributed by atoms with Crippen molar-refractivity contribution in [3.05, 3.63) is 35.6 Å². The van der Waals surface area contributed by atoms with Crippen molar-refractivity contribution < 1.29 is 14.3 Å². The number of amides is 1. The number of benzene rings is 1. The summed E-state index contributed by atoms with van der Waals surface area (Å²) in [6.45, 7) is 2.77. The highest BCUT2D eigenvalue weighted by Gasteiger charge is 2.29. The summed E-state index contributed by atoms with van der Waals surface area (Å²) in [4.78, 5) is 14.0. The molecular formula is C15H21FN2O2. The van der Waals surface area contributed by atoms with E-state index in [0.717, 1.165) is 18.4 Å². The zero-order chi connectivity index (χ0) is 14.5. The number of hydrogen-bond acceptors (Lipinski definition) is 3. The molecule has 4 nitrogen and oxygen atoms in total. The molecule has 1 unspecified atom stereocenters. The molecule has 0 aliphatic heterocycles. The Kier molecular flexibility index (Phi) is 5.09. The van der Waals surface area contributed by atoms with Gasteiger partial charge in [-0.05, 0) is 37.5 Å². The van der Waals surface area contributed by atoms with Crippen LogP contribution in [0, 0.1) is 5.82 Å². The van der Waals surface area contributed by atoms with Gasteiger partial charge in [0.05, 0.1) is 19.2 Å². The Morgan fingerprint density at radius 1 is 1.45 bits per heavy atom. The highest BCUT2D eigenvalue weighted by molar-refractivity contribution is 5.78. The molecule has 1 aromatic carbocycles. The van der Waals surface area contributed by atoms with Crippen LogP contribution in [0.5, 0.6) is 0 Å². The van der Waals surface area contributed by atoms with Crippen LogP contribution in [-0.2, 0) is 4.79 Å². The van der Waals surface area contributed by atoms with E-state index in [4.69, 9.17) is 5.11 Å². The number of aliphatic hydroxyl groups excluding tert-OH is 1. The first kappa shape index (κ1) is 14.9. The average molecular weight is 280 g/mol. The molecular weight excluding hydrogens is 259 g/mol. The summed E-state index contributed by atoms with van der Waals surface area (Å²) in [5.74, 6) is -0.350. The maximum Gasteiger partial charge on any atom is 0.234 e. The fourth-order valence-corrected chi connectivity index (χ4v) is 2.27.